The Balaban J connectivity index is 3.40. The van der Waals surface area contributed by atoms with Crippen molar-refractivity contribution in [3.05, 3.63) is 0 Å². The molecule has 0 amide bonds. The molecule has 0 bridgehead atoms. The first-order chi connectivity index (χ1) is 14.7. The molecule has 1 N–H and O–H groups in total. The van der Waals surface area contributed by atoms with Crippen LogP contribution in [0.5, 0.6) is 0 Å². The quantitative estimate of drug-likeness (QED) is 0.129. The summed E-state index contributed by atoms with van der Waals surface area (Å²) in [6.07, 6.45) is 22.7. The molecule has 0 rings (SSSR count). The minimum atomic E-state index is -0.519. The zero-order valence-corrected chi connectivity index (χ0v) is 20.3. The van der Waals surface area contributed by atoms with Crippen molar-refractivity contribution in [2.24, 2.45) is 0 Å². The van der Waals surface area contributed by atoms with Gasteiger partial charge in [0.1, 0.15) is 6.10 Å². The molecule has 0 aliphatic rings. The number of carbonyl (C=O) groups is 1. The van der Waals surface area contributed by atoms with Gasteiger partial charge in [-0.1, -0.05) is 117 Å². The molecule has 0 radical (unpaired) electrons. The summed E-state index contributed by atoms with van der Waals surface area (Å²) in [5.41, 5.74) is 0. The summed E-state index contributed by atoms with van der Waals surface area (Å²) in [7, 11) is 0. The zero-order valence-electron chi connectivity index (χ0n) is 20.3. The lowest BCUT2D eigenvalue weighted by atomic mass is 10.1. The van der Waals surface area contributed by atoms with E-state index >= 15 is 0 Å². The minimum absolute atomic E-state index is 0.166. The van der Waals surface area contributed by atoms with Crippen LogP contribution < -0.4 is 0 Å². The standard InChI is InChI=1S/C26H52O4/c1-3-5-7-9-11-12-13-14-15-16-18-20-22-29-24-25(23-27)30-26(28)21-19-17-10-8-6-4-2/h25,27H,3-24H2,1-2H3. The minimum Gasteiger partial charge on any atom is -0.457 e. The molecule has 0 aliphatic heterocycles. The molecule has 0 aromatic carbocycles. The lowest BCUT2D eigenvalue weighted by Gasteiger charge is -2.15. The zero-order chi connectivity index (χ0) is 22.1. The molecule has 4 nitrogen and oxygen atoms in total. The summed E-state index contributed by atoms with van der Waals surface area (Å²) >= 11 is 0. The fourth-order valence-electron chi connectivity index (χ4n) is 3.68. The van der Waals surface area contributed by atoms with E-state index in [4.69, 9.17) is 9.47 Å². The first kappa shape index (κ1) is 29.4. The van der Waals surface area contributed by atoms with E-state index in [1.165, 1.54) is 96.3 Å². The normalized spacial score (nSPS) is 12.2. The van der Waals surface area contributed by atoms with Gasteiger partial charge in [0.15, 0.2) is 0 Å². The molecular formula is C26H52O4. The molecule has 0 fully saturated rings. The maximum absolute atomic E-state index is 11.9. The molecule has 0 aromatic heterocycles. The number of rotatable bonds is 24. The molecule has 0 heterocycles. The Morgan fingerprint density at radius 3 is 1.57 bits per heavy atom. The lowest BCUT2D eigenvalue weighted by Crippen LogP contribution is -2.27. The Kier molecular flexibility index (Phi) is 24.2. The van der Waals surface area contributed by atoms with E-state index in [1.807, 2.05) is 0 Å². The number of aliphatic hydroxyl groups excluding tert-OH is 1. The number of unbranched alkanes of at least 4 members (excludes halogenated alkanes) is 16. The number of hydrogen-bond donors (Lipinski definition) is 1. The first-order valence-electron chi connectivity index (χ1n) is 13.1. The summed E-state index contributed by atoms with van der Waals surface area (Å²) in [5, 5.41) is 9.39. The number of aliphatic hydroxyl groups is 1. The molecular weight excluding hydrogens is 376 g/mol. The molecule has 0 saturated heterocycles. The van der Waals surface area contributed by atoms with Crippen LogP contribution in [0.15, 0.2) is 0 Å². The van der Waals surface area contributed by atoms with Crippen molar-refractivity contribution in [3.8, 4) is 0 Å². The number of hydrogen-bond acceptors (Lipinski definition) is 4. The summed E-state index contributed by atoms with van der Waals surface area (Å²) in [6.45, 7) is 5.29. The average molecular weight is 429 g/mol. The molecule has 1 unspecified atom stereocenters. The monoisotopic (exact) mass is 428 g/mol. The van der Waals surface area contributed by atoms with Crippen LogP contribution in [0.2, 0.25) is 0 Å². The van der Waals surface area contributed by atoms with Gasteiger partial charge in [0.2, 0.25) is 0 Å². The molecule has 1 atom stereocenters. The van der Waals surface area contributed by atoms with Gasteiger partial charge in [-0.15, -0.1) is 0 Å². The van der Waals surface area contributed by atoms with Gasteiger partial charge in [0.05, 0.1) is 13.2 Å². The summed E-state index contributed by atoms with van der Waals surface area (Å²) in [4.78, 5) is 11.9. The van der Waals surface area contributed by atoms with Crippen molar-refractivity contribution < 1.29 is 19.4 Å². The highest BCUT2D eigenvalue weighted by Gasteiger charge is 2.13. The van der Waals surface area contributed by atoms with Crippen LogP contribution in [0.25, 0.3) is 0 Å². The van der Waals surface area contributed by atoms with Crippen LogP contribution in [0.4, 0.5) is 0 Å². The van der Waals surface area contributed by atoms with Crippen molar-refractivity contribution >= 4 is 5.97 Å². The van der Waals surface area contributed by atoms with Crippen LogP contribution in [-0.2, 0) is 14.3 Å². The van der Waals surface area contributed by atoms with E-state index in [1.54, 1.807) is 0 Å². The van der Waals surface area contributed by atoms with E-state index in [9.17, 15) is 9.90 Å². The Labute approximate surface area is 187 Å². The number of esters is 1. The van der Waals surface area contributed by atoms with Gasteiger partial charge < -0.3 is 14.6 Å². The van der Waals surface area contributed by atoms with Crippen LogP contribution in [0.1, 0.15) is 136 Å². The van der Waals surface area contributed by atoms with Gasteiger partial charge in [0.25, 0.3) is 0 Å². The Morgan fingerprint density at radius 2 is 1.10 bits per heavy atom. The molecule has 30 heavy (non-hydrogen) atoms. The van der Waals surface area contributed by atoms with Gasteiger partial charge >= 0.3 is 5.97 Å². The smallest absolute Gasteiger partial charge is 0.306 e. The van der Waals surface area contributed by atoms with Crippen LogP contribution in [0, 0.1) is 0 Å². The maximum atomic E-state index is 11.9. The average Bonchev–Trinajstić information content (AvgIpc) is 2.75. The van der Waals surface area contributed by atoms with Crippen LogP contribution in [-0.4, -0.2) is 37.0 Å². The summed E-state index contributed by atoms with van der Waals surface area (Å²) in [5.74, 6) is -0.210. The summed E-state index contributed by atoms with van der Waals surface area (Å²) < 4.78 is 10.9. The third-order valence-electron chi connectivity index (χ3n) is 5.68. The Hall–Kier alpha value is -0.610. The third kappa shape index (κ3) is 22.1. The molecule has 0 saturated carbocycles. The van der Waals surface area contributed by atoms with E-state index < -0.39 is 6.10 Å². The highest BCUT2D eigenvalue weighted by molar-refractivity contribution is 5.69. The predicted molar refractivity (Wildman–Crippen MR) is 127 cm³/mol. The highest BCUT2D eigenvalue weighted by atomic mass is 16.6. The summed E-state index contributed by atoms with van der Waals surface area (Å²) in [6, 6.07) is 0. The van der Waals surface area contributed by atoms with Crippen molar-refractivity contribution in [1.29, 1.82) is 0 Å². The van der Waals surface area contributed by atoms with Gasteiger partial charge in [-0.2, -0.15) is 0 Å². The molecule has 0 aliphatic carbocycles. The second-order valence-electron chi connectivity index (χ2n) is 8.78. The van der Waals surface area contributed by atoms with Gasteiger partial charge in [0, 0.05) is 13.0 Å². The van der Waals surface area contributed by atoms with E-state index in [-0.39, 0.29) is 12.6 Å². The van der Waals surface area contributed by atoms with Crippen molar-refractivity contribution in [1.82, 2.24) is 0 Å². The van der Waals surface area contributed by atoms with E-state index in [0.717, 1.165) is 19.3 Å². The van der Waals surface area contributed by atoms with Gasteiger partial charge in [-0.3, -0.25) is 4.79 Å². The molecule has 180 valence electrons. The Bertz CT molecular complexity index is 346. The lowest BCUT2D eigenvalue weighted by molar-refractivity contribution is -0.154. The topological polar surface area (TPSA) is 55.8 Å². The predicted octanol–water partition coefficient (Wildman–Crippen LogP) is 7.36. The number of carbonyl (C=O) groups excluding carboxylic acids is 1. The second kappa shape index (κ2) is 24.7. The SMILES string of the molecule is CCCCCCCCCCCCCCOCC(CO)OC(=O)CCCCCCCC. The number of ether oxygens (including phenoxy) is 2. The van der Waals surface area contributed by atoms with Crippen molar-refractivity contribution in [2.75, 3.05) is 19.8 Å². The highest BCUT2D eigenvalue weighted by Crippen LogP contribution is 2.12. The molecule has 4 heteroatoms. The maximum Gasteiger partial charge on any atom is 0.306 e. The molecule has 0 aromatic rings. The van der Waals surface area contributed by atoms with Gasteiger partial charge in [-0.25, -0.2) is 0 Å². The second-order valence-corrected chi connectivity index (χ2v) is 8.78. The fourth-order valence-corrected chi connectivity index (χ4v) is 3.68. The van der Waals surface area contributed by atoms with Crippen molar-refractivity contribution in [2.45, 2.75) is 142 Å². The van der Waals surface area contributed by atoms with Gasteiger partial charge in [-0.05, 0) is 12.8 Å². The third-order valence-corrected chi connectivity index (χ3v) is 5.68. The van der Waals surface area contributed by atoms with E-state index in [2.05, 4.69) is 13.8 Å². The fraction of sp³-hybridized carbons (Fsp3) is 0.962. The van der Waals surface area contributed by atoms with Crippen LogP contribution in [0.3, 0.4) is 0 Å². The van der Waals surface area contributed by atoms with E-state index in [0.29, 0.717) is 19.6 Å². The van der Waals surface area contributed by atoms with Crippen LogP contribution >= 0.6 is 0 Å². The van der Waals surface area contributed by atoms with Crippen molar-refractivity contribution in [3.63, 3.8) is 0 Å². The Morgan fingerprint density at radius 1 is 0.667 bits per heavy atom. The largest absolute Gasteiger partial charge is 0.457 e. The molecule has 0 spiro atoms. The first-order valence-corrected chi connectivity index (χ1v) is 13.1.